The lowest BCUT2D eigenvalue weighted by molar-refractivity contribution is 0.415. The van der Waals surface area contributed by atoms with Gasteiger partial charge in [-0.2, -0.15) is 0 Å². The predicted octanol–water partition coefficient (Wildman–Crippen LogP) is 3.09. The van der Waals surface area contributed by atoms with E-state index < -0.39 is 0 Å². The SMILES string of the molecule is CN=C(SC)c1ccc(OC)c(Cl)c1. The minimum Gasteiger partial charge on any atom is -0.495 e. The van der Waals surface area contributed by atoms with Gasteiger partial charge in [0.1, 0.15) is 5.75 Å². The third-order valence-electron chi connectivity index (χ3n) is 1.80. The smallest absolute Gasteiger partial charge is 0.137 e. The van der Waals surface area contributed by atoms with Gasteiger partial charge in [0, 0.05) is 12.6 Å². The maximum Gasteiger partial charge on any atom is 0.137 e. The van der Waals surface area contributed by atoms with E-state index in [0.717, 1.165) is 10.6 Å². The van der Waals surface area contributed by atoms with Crippen molar-refractivity contribution in [1.29, 1.82) is 0 Å². The van der Waals surface area contributed by atoms with Gasteiger partial charge in [-0.25, -0.2) is 0 Å². The molecule has 1 aromatic rings. The Balaban J connectivity index is 3.08. The van der Waals surface area contributed by atoms with Crippen molar-refractivity contribution in [3.8, 4) is 5.75 Å². The van der Waals surface area contributed by atoms with Gasteiger partial charge in [0.05, 0.1) is 17.2 Å². The second kappa shape index (κ2) is 5.27. The van der Waals surface area contributed by atoms with Crippen LogP contribution in [-0.2, 0) is 0 Å². The highest BCUT2D eigenvalue weighted by atomic mass is 35.5. The number of hydrogen-bond donors (Lipinski definition) is 0. The molecular weight excluding hydrogens is 218 g/mol. The van der Waals surface area contributed by atoms with Crippen LogP contribution in [0.2, 0.25) is 5.02 Å². The van der Waals surface area contributed by atoms with Crippen molar-refractivity contribution in [2.75, 3.05) is 20.4 Å². The molecule has 1 aromatic carbocycles. The number of rotatable bonds is 2. The standard InChI is InChI=1S/C10H12ClNOS/c1-12-10(14-3)7-4-5-9(13-2)8(11)6-7/h4-6H,1-3H3. The second-order valence-electron chi connectivity index (χ2n) is 2.58. The van der Waals surface area contributed by atoms with Gasteiger partial charge in [0.25, 0.3) is 0 Å². The van der Waals surface area contributed by atoms with Crippen LogP contribution in [0.1, 0.15) is 5.56 Å². The van der Waals surface area contributed by atoms with Gasteiger partial charge in [-0.3, -0.25) is 4.99 Å². The molecule has 0 saturated heterocycles. The highest BCUT2D eigenvalue weighted by molar-refractivity contribution is 8.13. The zero-order chi connectivity index (χ0) is 10.6. The van der Waals surface area contributed by atoms with Crippen LogP contribution in [-0.4, -0.2) is 25.5 Å². The number of benzene rings is 1. The molecule has 1 rings (SSSR count). The molecular formula is C10H12ClNOS. The Hall–Kier alpha value is -0.670. The van der Waals surface area contributed by atoms with Crippen LogP contribution in [0, 0.1) is 0 Å². The molecule has 0 unspecified atom stereocenters. The molecule has 2 nitrogen and oxygen atoms in total. The first-order valence-corrected chi connectivity index (χ1v) is 5.68. The van der Waals surface area contributed by atoms with E-state index >= 15 is 0 Å². The third-order valence-corrected chi connectivity index (χ3v) is 2.90. The minimum absolute atomic E-state index is 0.611. The van der Waals surface area contributed by atoms with E-state index in [4.69, 9.17) is 16.3 Å². The molecule has 0 amide bonds. The minimum atomic E-state index is 0.611. The van der Waals surface area contributed by atoms with Crippen LogP contribution < -0.4 is 4.74 Å². The van der Waals surface area contributed by atoms with Crippen LogP contribution in [0.5, 0.6) is 5.75 Å². The van der Waals surface area contributed by atoms with Crippen LogP contribution in [0.15, 0.2) is 23.2 Å². The maximum atomic E-state index is 6.00. The number of hydrogen-bond acceptors (Lipinski definition) is 3. The van der Waals surface area contributed by atoms with Crippen LogP contribution in [0.4, 0.5) is 0 Å². The van der Waals surface area contributed by atoms with Gasteiger partial charge in [0.15, 0.2) is 0 Å². The topological polar surface area (TPSA) is 21.6 Å². The van der Waals surface area contributed by atoms with E-state index in [2.05, 4.69) is 4.99 Å². The lowest BCUT2D eigenvalue weighted by atomic mass is 10.2. The van der Waals surface area contributed by atoms with Gasteiger partial charge in [-0.15, -0.1) is 11.8 Å². The summed E-state index contributed by atoms with van der Waals surface area (Å²) in [4.78, 5) is 4.15. The first kappa shape index (κ1) is 11.4. The zero-order valence-corrected chi connectivity index (χ0v) is 9.95. The molecule has 0 aliphatic heterocycles. The van der Waals surface area contributed by atoms with Gasteiger partial charge in [-0.1, -0.05) is 11.6 Å². The Morgan fingerprint density at radius 2 is 2.21 bits per heavy atom. The fraction of sp³-hybridized carbons (Fsp3) is 0.300. The molecule has 0 aromatic heterocycles. The van der Waals surface area contributed by atoms with E-state index in [9.17, 15) is 0 Å². The molecule has 0 N–H and O–H groups in total. The Morgan fingerprint density at radius 1 is 1.50 bits per heavy atom. The molecule has 76 valence electrons. The molecule has 0 fully saturated rings. The molecule has 0 atom stereocenters. The Morgan fingerprint density at radius 3 is 2.64 bits per heavy atom. The van der Waals surface area contributed by atoms with Crippen molar-refractivity contribution < 1.29 is 4.74 Å². The number of halogens is 1. The largest absolute Gasteiger partial charge is 0.495 e. The summed E-state index contributed by atoms with van der Waals surface area (Å²) in [5.74, 6) is 0.687. The average Bonchev–Trinajstić information content (AvgIpc) is 2.20. The number of aliphatic imine (C=N–C) groups is 1. The highest BCUT2D eigenvalue weighted by Crippen LogP contribution is 2.26. The second-order valence-corrected chi connectivity index (χ2v) is 3.78. The van der Waals surface area contributed by atoms with Crippen molar-refractivity contribution in [1.82, 2.24) is 0 Å². The molecule has 4 heteroatoms. The van der Waals surface area contributed by atoms with Crippen molar-refractivity contribution in [2.45, 2.75) is 0 Å². The van der Waals surface area contributed by atoms with E-state index in [-0.39, 0.29) is 0 Å². The van der Waals surface area contributed by atoms with Gasteiger partial charge < -0.3 is 4.74 Å². The maximum absolute atomic E-state index is 6.00. The highest BCUT2D eigenvalue weighted by Gasteiger charge is 2.05. The molecule has 0 aliphatic carbocycles. The summed E-state index contributed by atoms with van der Waals surface area (Å²) in [6.45, 7) is 0. The first-order chi connectivity index (χ1) is 6.72. The summed E-state index contributed by atoms with van der Waals surface area (Å²) >= 11 is 7.59. The normalized spacial score (nSPS) is 11.6. The fourth-order valence-corrected chi connectivity index (χ4v) is 1.94. The molecule has 0 saturated carbocycles. The van der Waals surface area contributed by atoms with E-state index in [1.54, 1.807) is 25.9 Å². The molecule has 0 spiro atoms. The molecule has 0 aliphatic rings. The number of nitrogens with zero attached hydrogens (tertiary/aromatic N) is 1. The summed E-state index contributed by atoms with van der Waals surface area (Å²) in [5.41, 5.74) is 1.02. The summed E-state index contributed by atoms with van der Waals surface area (Å²) in [5, 5.41) is 1.58. The average molecular weight is 230 g/mol. The third kappa shape index (κ3) is 2.42. The summed E-state index contributed by atoms with van der Waals surface area (Å²) in [7, 11) is 3.37. The molecule has 0 bridgehead atoms. The Labute approximate surface area is 93.3 Å². The lowest BCUT2D eigenvalue weighted by Crippen LogP contribution is -1.95. The van der Waals surface area contributed by atoms with Gasteiger partial charge in [-0.05, 0) is 24.5 Å². The molecule has 0 radical (unpaired) electrons. The van der Waals surface area contributed by atoms with Crippen molar-refractivity contribution >= 4 is 28.4 Å². The first-order valence-electron chi connectivity index (χ1n) is 4.07. The summed E-state index contributed by atoms with van der Waals surface area (Å²) in [6, 6.07) is 5.65. The van der Waals surface area contributed by atoms with Crippen LogP contribution in [0.25, 0.3) is 0 Å². The predicted molar refractivity (Wildman–Crippen MR) is 64.0 cm³/mol. The van der Waals surface area contributed by atoms with Crippen molar-refractivity contribution in [3.63, 3.8) is 0 Å². The molecule has 0 heterocycles. The van der Waals surface area contributed by atoms with Gasteiger partial charge >= 0.3 is 0 Å². The van der Waals surface area contributed by atoms with Gasteiger partial charge in [0.2, 0.25) is 0 Å². The quantitative estimate of drug-likeness (QED) is 0.574. The van der Waals surface area contributed by atoms with Crippen molar-refractivity contribution in [3.05, 3.63) is 28.8 Å². The monoisotopic (exact) mass is 229 g/mol. The Kier molecular flexibility index (Phi) is 4.29. The summed E-state index contributed by atoms with van der Waals surface area (Å²) < 4.78 is 5.07. The molecule has 14 heavy (non-hydrogen) atoms. The van der Waals surface area contributed by atoms with Crippen molar-refractivity contribution in [2.24, 2.45) is 4.99 Å². The van der Waals surface area contributed by atoms with E-state index in [1.165, 1.54) is 0 Å². The van der Waals surface area contributed by atoms with Crippen LogP contribution in [0.3, 0.4) is 0 Å². The lowest BCUT2D eigenvalue weighted by Gasteiger charge is -2.06. The fourth-order valence-electron chi connectivity index (χ4n) is 1.14. The van der Waals surface area contributed by atoms with Crippen LogP contribution >= 0.6 is 23.4 Å². The number of methoxy groups -OCH3 is 1. The number of ether oxygens (including phenoxy) is 1. The van der Waals surface area contributed by atoms with E-state index in [0.29, 0.717) is 10.8 Å². The Bertz CT molecular complexity index is 352. The number of thioether (sulfide) groups is 1. The van der Waals surface area contributed by atoms with E-state index in [1.807, 2.05) is 24.5 Å². The summed E-state index contributed by atoms with van der Waals surface area (Å²) in [6.07, 6.45) is 1.99. The zero-order valence-electron chi connectivity index (χ0n) is 8.37.